The predicted molar refractivity (Wildman–Crippen MR) is 107 cm³/mol. The van der Waals surface area contributed by atoms with Crippen LogP contribution < -0.4 is 5.32 Å². The molecule has 136 valence electrons. The van der Waals surface area contributed by atoms with Gasteiger partial charge in [0, 0.05) is 22.9 Å². The molecule has 0 fully saturated rings. The van der Waals surface area contributed by atoms with Gasteiger partial charge in [-0.2, -0.15) is 0 Å². The summed E-state index contributed by atoms with van der Waals surface area (Å²) in [6, 6.07) is 16.5. The lowest BCUT2D eigenvalue weighted by Gasteiger charge is -2.04. The summed E-state index contributed by atoms with van der Waals surface area (Å²) in [4.78, 5) is 20.6. The first kappa shape index (κ1) is 17.4. The normalized spacial score (nSPS) is 11.6. The summed E-state index contributed by atoms with van der Waals surface area (Å²) in [6.07, 6.45) is 1.12. The van der Waals surface area contributed by atoms with Crippen molar-refractivity contribution >= 4 is 43.8 Å². The zero-order valence-corrected chi connectivity index (χ0v) is 15.9. The Hall–Kier alpha value is -2.97. The van der Waals surface area contributed by atoms with Gasteiger partial charge >= 0.3 is 0 Å². The number of nitrogens with zero attached hydrogens (tertiary/aromatic N) is 1. The van der Waals surface area contributed by atoms with Crippen LogP contribution in [-0.4, -0.2) is 30.5 Å². The smallest absolute Gasteiger partial charge is 0.265 e. The maximum atomic E-state index is 12.3. The van der Waals surface area contributed by atoms with Gasteiger partial charge in [-0.05, 0) is 42.5 Å². The van der Waals surface area contributed by atoms with Crippen molar-refractivity contribution in [1.82, 2.24) is 9.97 Å². The Kier molecular flexibility index (Phi) is 4.29. The summed E-state index contributed by atoms with van der Waals surface area (Å²) in [5.74, 6) is 0.413. The Morgan fingerprint density at radius 2 is 1.85 bits per heavy atom. The Morgan fingerprint density at radius 1 is 1.11 bits per heavy atom. The molecule has 0 bridgehead atoms. The number of carbonyl (C=O) groups is 1. The minimum absolute atomic E-state index is 0.151. The van der Waals surface area contributed by atoms with Gasteiger partial charge in [0.1, 0.15) is 5.82 Å². The van der Waals surface area contributed by atoms with E-state index in [1.807, 2.05) is 36.4 Å². The summed E-state index contributed by atoms with van der Waals surface area (Å²) in [7, 11) is -3.32. The molecule has 0 aliphatic heterocycles. The van der Waals surface area contributed by atoms with Gasteiger partial charge in [-0.3, -0.25) is 4.79 Å². The van der Waals surface area contributed by atoms with Crippen molar-refractivity contribution in [2.24, 2.45) is 0 Å². The standard InChI is InChI=1S/C19H15N3O3S2/c1-27(24,25)14-10-17(26-11-14)19(23)20-13-8-6-12(7-9-13)18-21-15-4-2-3-5-16(15)22-18/h2-11H,1H3,(H,20,23)(H,21,22). The largest absolute Gasteiger partial charge is 0.338 e. The van der Waals surface area contributed by atoms with Crippen LogP contribution in [0, 0.1) is 0 Å². The summed E-state index contributed by atoms with van der Waals surface area (Å²) in [5, 5.41) is 4.24. The van der Waals surface area contributed by atoms with Crippen LogP contribution in [0.4, 0.5) is 5.69 Å². The number of imidazole rings is 1. The predicted octanol–water partition coefficient (Wildman–Crippen LogP) is 3.95. The molecular weight excluding hydrogens is 382 g/mol. The quantitative estimate of drug-likeness (QED) is 0.545. The van der Waals surface area contributed by atoms with Gasteiger partial charge in [-0.1, -0.05) is 12.1 Å². The van der Waals surface area contributed by atoms with Gasteiger partial charge in [-0.15, -0.1) is 11.3 Å². The number of rotatable bonds is 4. The summed E-state index contributed by atoms with van der Waals surface area (Å²) >= 11 is 1.10. The van der Waals surface area contributed by atoms with Crippen molar-refractivity contribution in [2.75, 3.05) is 11.6 Å². The topological polar surface area (TPSA) is 91.9 Å². The molecule has 6 nitrogen and oxygen atoms in total. The molecule has 0 saturated carbocycles. The number of aromatic amines is 1. The molecule has 0 aliphatic carbocycles. The zero-order valence-electron chi connectivity index (χ0n) is 14.3. The van der Waals surface area contributed by atoms with E-state index >= 15 is 0 Å². The van der Waals surface area contributed by atoms with Gasteiger partial charge < -0.3 is 10.3 Å². The van der Waals surface area contributed by atoms with E-state index in [0.29, 0.717) is 10.6 Å². The van der Waals surface area contributed by atoms with Crippen LogP contribution in [0.5, 0.6) is 0 Å². The van der Waals surface area contributed by atoms with Crippen molar-refractivity contribution in [1.29, 1.82) is 0 Å². The molecule has 2 aromatic heterocycles. The van der Waals surface area contributed by atoms with E-state index < -0.39 is 9.84 Å². The minimum Gasteiger partial charge on any atom is -0.338 e. The lowest BCUT2D eigenvalue weighted by atomic mass is 10.2. The highest BCUT2D eigenvalue weighted by molar-refractivity contribution is 7.90. The average molecular weight is 397 g/mol. The van der Waals surface area contributed by atoms with Gasteiger partial charge in [0.15, 0.2) is 9.84 Å². The van der Waals surface area contributed by atoms with Crippen LogP contribution in [-0.2, 0) is 9.84 Å². The highest BCUT2D eigenvalue weighted by Gasteiger charge is 2.15. The second kappa shape index (κ2) is 6.64. The number of nitrogens with one attached hydrogen (secondary N) is 2. The SMILES string of the molecule is CS(=O)(=O)c1csc(C(=O)Nc2ccc(-c3nc4ccccc4[nH]3)cc2)c1. The Bertz CT molecular complexity index is 1210. The monoisotopic (exact) mass is 397 g/mol. The maximum absolute atomic E-state index is 12.3. The number of sulfone groups is 1. The summed E-state index contributed by atoms with van der Waals surface area (Å²) in [6.45, 7) is 0. The van der Waals surface area contributed by atoms with Crippen molar-refractivity contribution in [3.05, 3.63) is 64.9 Å². The second-order valence-corrected chi connectivity index (χ2v) is 8.98. The Morgan fingerprint density at radius 3 is 2.52 bits per heavy atom. The molecule has 1 amide bonds. The van der Waals surface area contributed by atoms with E-state index in [4.69, 9.17) is 0 Å². The van der Waals surface area contributed by atoms with Crippen molar-refractivity contribution in [2.45, 2.75) is 4.90 Å². The Balaban J connectivity index is 1.52. The molecule has 0 aliphatic rings. The number of hydrogen-bond donors (Lipinski definition) is 2. The number of carbonyl (C=O) groups excluding carboxylic acids is 1. The molecule has 0 spiro atoms. The van der Waals surface area contributed by atoms with Crippen LogP contribution in [0.2, 0.25) is 0 Å². The third-order valence-corrected chi connectivity index (χ3v) is 6.20. The number of benzene rings is 2. The molecule has 4 rings (SSSR count). The number of aromatic nitrogens is 2. The fraction of sp³-hybridized carbons (Fsp3) is 0.0526. The highest BCUT2D eigenvalue weighted by atomic mass is 32.2. The number of hydrogen-bond acceptors (Lipinski definition) is 5. The molecule has 0 atom stereocenters. The highest BCUT2D eigenvalue weighted by Crippen LogP contribution is 2.23. The van der Waals surface area contributed by atoms with Gasteiger partial charge in [-0.25, -0.2) is 13.4 Å². The molecular formula is C19H15N3O3S2. The Labute approximate surface area is 159 Å². The maximum Gasteiger partial charge on any atom is 0.265 e. The van der Waals surface area contributed by atoms with E-state index in [9.17, 15) is 13.2 Å². The molecule has 4 aromatic rings. The molecule has 0 radical (unpaired) electrons. The minimum atomic E-state index is -3.32. The van der Waals surface area contributed by atoms with Gasteiger partial charge in [0.2, 0.25) is 0 Å². The molecule has 27 heavy (non-hydrogen) atoms. The van der Waals surface area contributed by atoms with E-state index in [0.717, 1.165) is 40.0 Å². The van der Waals surface area contributed by atoms with Crippen LogP contribution in [0.3, 0.4) is 0 Å². The van der Waals surface area contributed by atoms with E-state index in [2.05, 4.69) is 15.3 Å². The third-order valence-electron chi connectivity index (χ3n) is 4.03. The van der Waals surface area contributed by atoms with E-state index in [1.165, 1.54) is 11.4 Å². The number of anilines is 1. The van der Waals surface area contributed by atoms with Gasteiger partial charge in [0.25, 0.3) is 5.91 Å². The van der Waals surface area contributed by atoms with Crippen LogP contribution in [0.25, 0.3) is 22.4 Å². The first-order chi connectivity index (χ1) is 12.9. The average Bonchev–Trinajstić information content (AvgIpc) is 3.29. The zero-order chi connectivity index (χ0) is 19.0. The number of para-hydroxylation sites is 2. The summed E-state index contributed by atoms with van der Waals surface area (Å²) < 4.78 is 23.1. The molecule has 2 aromatic carbocycles. The first-order valence-corrected chi connectivity index (χ1v) is 10.8. The molecule has 2 N–H and O–H groups in total. The number of fused-ring (bicyclic) bond motifs is 1. The van der Waals surface area contributed by atoms with Crippen molar-refractivity contribution in [3.8, 4) is 11.4 Å². The lowest BCUT2D eigenvalue weighted by Crippen LogP contribution is -2.10. The van der Waals surface area contributed by atoms with Crippen LogP contribution in [0.15, 0.2) is 64.9 Å². The third kappa shape index (κ3) is 3.62. The van der Waals surface area contributed by atoms with Crippen LogP contribution >= 0.6 is 11.3 Å². The molecule has 0 unspecified atom stereocenters. The fourth-order valence-electron chi connectivity index (χ4n) is 2.63. The fourth-order valence-corrected chi connectivity index (χ4v) is 4.54. The van der Waals surface area contributed by atoms with Crippen molar-refractivity contribution < 1.29 is 13.2 Å². The molecule has 0 saturated heterocycles. The van der Waals surface area contributed by atoms with Crippen molar-refractivity contribution in [3.63, 3.8) is 0 Å². The molecule has 2 heterocycles. The number of H-pyrrole nitrogens is 1. The number of amides is 1. The lowest BCUT2D eigenvalue weighted by molar-refractivity contribution is 0.103. The van der Waals surface area contributed by atoms with Gasteiger partial charge in [0.05, 0.1) is 20.8 Å². The number of thiophene rings is 1. The first-order valence-electron chi connectivity index (χ1n) is 8.05. The van der Waals surface area contributed by atoms with E-state index in [1.54, 1.807) is 12.1 Å². The summed E-state index contributed by atoms with van der Waals surface area (Å²) in [5.41, 5.74) is 3.38. The van der Waals surface area contributed by atoms with E-state index in [-0.39, 0.29) is 10.8 Å². The second-order valence-electron chi connectivity index (χ2n) is 6.05. The van der Waals surface area contributed by atoms with Crippen LogP contribution in [0.1, 0.15) is 9.67 Å². The molecule has 8 heteroatoms.